The second-order valence-corrected chi connectivity index (χ2v) is 6.61. The molecule has 29 heavy (non-hydrogen) atoms. The van der Waals surface area contributed by atoms with Crippen molar-refractivity contribution in [1.82, 2.24) is 14.9 Å². The van der Waals surface area contributed by atoms with Crippen molar-refractivity contribution in [2.24, 2.45) is 17.8 Å². The van der Waals surface area contributed by atoms with E-state index in [1.54, 1.807) is 0 Å². The number of nitrogens with zero attached hydrogens (tertiary/aromatic N) is 3. The van der Waals surface area contributed by atoms with E-state index in [0.717, 1.165) is 15.9 Å². The summed E-state index contributed by atoms with van der Waals surface area (Å²) in [6, 6.07) is 7.31. The minimum Gasteiger partial charge on any atom is -0.493 e. The first-order valence-corrected chi connectivity index (χ1v) is 8.77. The molecule has 2 unspecified atom stereocenters. The highest BCUT2D eigenvalue weighted by Crippen LogP contribution is 2.40. The summed E-state index contributed by atoms with van der Waals surface area (Å²) in [5.74, 6) is 0.256. The zero-order valence-corrected chi connectivity index (χ0v) is 18.0. The Bertz CT molecular complexity index is 858. The van der Waals surface area contributed by atoms with Gasteiger partial charge in [-0.25, -0.2) is 4.98 Å². The fraction of sp³-hybridized carbons (Fsp3) is 0.444. The number of aromatic nitrogens is 2. The third kappa shape index (κ3) is 4.94. The molecule has 2 atom stereocenters. The molecule has 2 heterocycles. The highest BCUT2D eigenvalue weighted by molar-refractivity contribution is 14.0. The van der Waals surface area contributed by atoms with E-state index < -0.39 is 24.0 Å². The largest absolute Gasteiger partial charge is 0.493 e. The molecule has 0 aliphatic carbocycles. The molecule has 160 valence electrons. The van der Waals surface area contributed by atoms with Gasteiger partial charge in [-0.05, 0) is 6.07 Å². The molecule has 0 saturated heterocycles. The third-order valence-electron chi connectivity index (χ3n) is 4.70. The quantitative estimate of drug-likeness (QED) is 0.317. The van der Waals surface area contributed by atoms with Crippen molar-refractivity contribution in [3.8, 4) is 5.75 Å². The first-order valence-electron chi connectivity index (χ1n) is 8.77. The van der Waals surface area contributed by atoms with Crippen LogP contribution in [-0.4, -0.2) is 39.9 Å². The van der Waals surface area contributed by atoms with Crippen molar-refractivity contribution in [2.45, 2.75) is 30.7 Å². The van der Waals surface area contributed by atoms with E-state index >= 15 is 0 Å². The molecule has 0 spiro atoms. The highest BCUT2D eigenvalue weighted by atomic mass is 127. The summed E-state index contributed by atoms with van der Waals surface area (Å²) in [7, 11) is 1.39. The second-order valence-electron chi connectivity index (χ2n) is 6.61. The van der Waals surface area contributed by atoms with Crippen LogP contribution < -0.4 is 15.8 Å². The number of ether oxygens (including phenoxy) is 1. The smallest absolute Gasteiger partial charge is 0.424 e. The number of nitrogens with one attached hydrogen (secondary N) is 1. The zero-order chi connectivity index (χ0) is 20.4. The predicted octanol–water partition coefficient (Wildman–Crippen LogP) is 2.61. The number of guanidine groups is 1. The molecule has 0 fully saturated rings. The number of para-hydroxylation sites is 1. The average molecular weight is 525 g/mol. The number of rotatable bonds is 5. The molecule has 11 heteroatoms. The molecular weight excluding hydrogens is 502 g/mol. The van der Waals surface area contributed by atoms with Gasteiger partial charge in [0.2, 0.25) is 5.60 Å². The molecule has 4 N–H and O–H groups in total. The van der Waals surface area contributed by atoms with Crippen LogP contribution in [0.3, 0.4) is 0 Å². The lowest BCUT2D eigenvalue weighted by molar-refractivity contribution is -0.272. The van der Waals surface area contributed by atoms with Crippen molar-refractivity contribution in [2.75, 3.05) is 13.2 Å². The van der Waals surface area contributed by atoms with Crippen LogP contribution in [-0.2, 0) is 12.6 Å². The van der Waals surface area contributed by atoms with Crippen LogP contribution in [0.25, 0.3) is 0 Å². The molecule has 0 amide bonds. The number of halogens is 4. The van der Waals surface area contributed by atoms with Gasteiger partial charge in [0.05, 0.1) is 12.6 Å². The van der Waals surface area contributed by atoms with Crippen molar-refractivity contribution >= 4 is 29.9 Å². The minimum absolute atomic E-state index is 0. The number of imidazole rings is 1. The maximum atomic E-state index is 13.5. The van der Waals surface area contributed by atoms with Crippen LogP contribution in [0.5, 0.6) is 5.75 Å². The van der Waals surface area contributed by atoms with Crippen LogP contribution in [0.2, 0.25) is 0 Å². The van der Waals surface area contributed by atoms with Gasteiger partial charge in [-0.1, -0.05) is 18.2 Å². The number of benzene rings is 1. The van der Waals surface area contributed by atoms with Crippen LogP contribution in [0.15, 0.2) is 41.7 Å². The van der Waals surface area contributed by atoms with Crippen LogP contribution in [0.4, 0.5) is 13.2 Å². The Morgan fingerprint density at radius 1 is 1.41 bits per heavy atom. The normalized spacial score (nSPS) is 18.8. The van der Waals surface area contributed by atoms with Gasteiger partial charge in [-0.3, -0.25) is 4.99 Å². The van der Waals surface area contributed by atoms with E-state index in [0.29, 0.717) is 13.0 Å². The first kappa shape index (κ1) is 23.3. The summed E-state index contributed by atoms with van der Waals surface area (Å²) < 4.78 is 47.2. The van der Waals surface area contributed by atoms with E-state index in [1.165, 1.54) is 19.4 Å². The lowest BCUT2D eigenvalue weighted by Crippen LogP contribution is -2.45. The number of hydrogen-bond donors (Lipinski definition) is 3. The molecule has 0 saturated carbocycles. The van der Waals surface area contributed by atoms with Gasteiger partial charge >= 0.3 is 6.18 Å². The van der Waals surface area contributed by atoms with Crippen molar-refractivity contribution < 1.29 is 23.0 Å². The van der Waals surface area contributed by atoms with E-state index in [1.807, 2.05) is 24.3 Å². The summed E-state index contributed by atoms with van der Waals surface area (Å²) in [5.41, 5.74) is 3.66. The van der Waals surface area contributed by atoms with Gasteiger partial charge in [0.1, 0.15) is 11.6 Å². The Hall–Kier alpha value is -2.02. The molecule has 3 rings (SSSR count). The number of nitrogens with two attached hydrogens (primary N) is 1. The van der Waals surface area contributed by atoms with Crippen molar-refractivity contribution in [1.29, 1.82) is 0 Å². The zero-order valence-electron chi connectivity index (χ0n) is 15.7. The second kappa shape index (κ2) is 9.20. The van der Waals surface area contributed by atoms with E-state index in [2.05, 4.69) is 15.3 Å². The van der Waals surface area contributed by atoms with E-state index in [4.69, 9.17) is 10.5 Å². The van der Waals surface area contributed by atoms with Gasteiger partial charge in [0, 0.05) is 44.4 Å². The van der Waals surface area contributed by atoms with Crippen molar-refractivity contribution in [3.05, 3.63) is 48.0 Å². The molecule has 0 radical (unpaired) electrons. The molecule has 2 aromatic rings. The number of aliphatic hydroxyl groups is 1. The molecular formula is C18H23F3IN5O2. The maximum Gasteiger partial charge on any atom is 0.424 e. The first-order chi connectivity index (χ1) is 13.2. The topological polar surface area (TPSA) is 97.7 Å². The van der Waals surface area contributed by atoms with Crippen LogP contribution in [0.1, 0.15) is 30.3 Å². The lowest BCUT2D eigenvalue weighted by Gasteiger charge is -2.29. The summed E-state index contributed by atoms with van der Waals surface area (Å²) in [6.07, 6.45) is -2.41. The number of alkyl halides is 3. The van der Waals surface area contributed by atoms with Crippen molar-refractivity contribution in [3.63, 3.8) is 0 Å². The standard InChI is InChI=1S/C18H22F3N5O2.HI/c1-26-10-9-23-15(26)17(27,18(19,20)21)7-8-24-16(22)25-13-6-11-28-14-5-3-2-4-12(13)14;/h2-5,9-10,13,27H,6-8,11H2,1H3,(H3,22,24,25);1H. The molecule has 1 aliphatic rings. The molecule has 1 aromatic heterocycles. The van der Waals surface area contributed by atoms with Gasteiger partial charge in [-0.2, -0.15) is 13.2 Å². The Kier molecular flexibility index (Phi) is 7.38. The lowest BCUT2D eigenvalue weighted by atomic mass is 9.98. The number of fused-ring (bicyclic) bond motifs is 1. The molecule has 0 bridgehead atoms. The monoisotopic (exact) mass is 525 g/mol. The average Bonchev–Trinajstić information content (AvgIpc) is 3.07. The number of hydrogen-bond acceptors (Lipinski definition) is 4. The summed E-state index contributed by atoms with van der Waals surface area (Å²) in [5, 5.41) is 13.3. The fourth-order valence-corrected chi connectivity index (χ4v) is 3.20. The summed E-state index contributed by atoms with van der Waals surface area (Å²) in [6.45, 7) is 0.168. The third-order valence-corrected chi connectivity index (χ3v) is 4.70. The van der Waals surface area contributed by atoms with Crippen LogP contribution in [0, 0.1) is 0 Å². The summed E-state index contributed by atoms with van der Waals surface area (Å²) >= 11 is 0. The maximum absolute atomic E-state index is 13.5. The Morgan fingerprint density at radius 2 is 2.14 bits per heavy atom. The fourth-order valence-electron chi connectivity index (χ4n) is 3.20. The van der Waals surface area contributed by atoms with E-state index in [-0.39, 0.29) is 42.5 Å². The van der Waals surface area contributed by atoms with E-state index in [9.17, 15) is 18.3 Å². The van der Waals surface area contributed by atoms with Gasteiger partial charge in [-0.15, -0.1) is 24.0 Å². The molecule has 1 aromatic carbocycles. The van der Waals surface area contributed by atoms with Gasteiger partial charge in [0.15, 0.2) is 5.96 Å². The van der Waals surface area contributed by atoms with Gasteiger partial charge in [0.25, 0.3) is 0 Å². The Morgan fingerprint density at radius 3 is 2.79 bits per heavy atom. The molecule has 1 aliphatic heterocycles. The number of aliphatic imine (C=N–C) groups is 1. The minimum atomic E-state index is -4.90. The highest BCUT2D eigenvalue weighted by Gasteiger charge is 2.57. The molecule has 7 nitrogen and oxygen atoms in total. The Balaban J connectivity index is 0.00000300. The number of aryl methyl sites for hydroxylation is 1. The SMILES string of the molecule is Cn1ccnc1C(O)(CCN=C(N)NC1CCOc2ccccc21)C(F)(F)F.I. The summed E-state index contributed by atoms with van der Waals surface area (Å²) in [4.78, 5) is 7.63. The predicted molar refractivity (Wildman–Crippen MR) is 112 cm³/mol. The van der Waals surface area contributed by atoms with Gasteiger partial charge < -0.3 is 25.5 Å². The van der Waals surface area contributed by atoms with Crippen LogP contribution >= 0.6 is 24.0 Å². The Labute approximate surface area is 183 Å².